The van der Waals surface area contributed by atoms with Gasteiger partial charge in [0.1, 0.15) is 0 Å². The van der Waals surface area contributed by atoms with Crippen LogP contribution in [0.3, 0.4) is 0 Å². The molecule has 0 bridgehead atoms. The van der Waals surface area contributed by atoms with Crippen LogP contribution < -0.4 is 4.90 Å². The molecule has 1 heteroatoms. The van der Waals surface area contributed by atoms with Crippen molar-refractivity contribution >= 4 is 17.1 Å². The lowest BCUT2D eigenvalue weighted by Crippen LogP contribution is -2.18. The number of nitrogens with zero attached hydrogens (tertiary/aromatic N) is 1. The molecule has 0 aromatic heterocycles. The van der Waals surface area contributed by atoms with Crippen molar-refractivity contribution in [3.63, 3.8) is 0 Å². The zero-order valence-corrected chi connectivity index (χ0v) is 41.8. The molecule has 0 atom stereocenters. The molecule has 0 saturated heterocycles. The van der Waals surface area contributed by atoms with Crippen LogP contribution in [0.4, 0.5) is 17.1 Å². The van der Waals surface area contributed by atoms with Gasteiger partial charge in [-0.15, -0.1) is 0 Å². The van der Waals surface area contributed by atoms with E-state index in [2.05, 4.69) is 293 Å². The smallest absolute Gasteiger partial charge is 0.0465 e. The first-order valence-corrected chi connectivity index (χ1v) is 25.6. The Labute approximate surface area is 430 Å². The summed E-state index contributed by atoms with van der Waals surface area (Å²) < 4.78 is 0. The van der Waals surface area contributed by atoms with Gasteiger partial charge in [0, 0.05) is 27.9 Å². The lowest BCUT2D eigenvalue weighted by atomic mass is 9.81. The molecule has 11 aromatic rings. The van der Waals surface area contributed by atoms with Gasteiger partial charge >= 0.3 is 0 Å². The molecule has 0 heterocycles. The summed E-state index contributed by atoms with van der Waals surface area (Å²) >= 11 is 0. The second-order valence-electron chi connectivity index (χ2n) is 20.9. The largest absolute Gasteiger partial charge is 0.310 e. The van der Waals surface area contributed by atoms with Gasteiger partial charge in [-0.2, -0.15) is 0 Å². The van der Waals surface area contributed by atoms with E-state index in [1.54, 1.807) is 0 Å². The van der Waals surface area contributed by atoms with Crippen molar-refractivity contribution in [2.75, 3.05) is 4.90 Å². The van der Waals surface area contributed by atoms with Crippen molar-refractivity contribution < 1.29 is 0 Å². The van der Waals surface area contributed by atoms with E-state index in [1.165, 1.54) is 111 Å². The third-order valence-electron chi connectivity index (χ3n) is 15.9. The molecule has 73 heavy (non-hydrogen) atoms. The molecule has 2 aliphatic rings. The summed E-state index contributed by atoms with van der Waals surface area (Å²) in [5.74, 6) is 0. The van der Waals surface area contributed by atoms with Crippen molar-refractivity contribution in [3.8, 4) is 89.0 Å². The zero-order chi connectivity index (χ0) is 49.3. The fourth-order valence-electron chi connectivity index (χ4n) is 11.8. The van der Waals surface area contributed by atoms with Crippen LogP contribution >= 0.6 is 0 Å². The molecule has 13 rings (SSSR count). The Morgan fingerprint density at radius 1 is 0.205 bits per heavy atom. The van der Waals surface area contributed by atoms with Crippen molar-refractivity contribution in [2.45, 2.75) is 38.5 Å². The average molecular weight is 934 g/mol. The molecule has 0 N–H and O–H groups in total. The molecule has 0 aliphatic heterocycles. The fraction of sp³-hybridized carbons (Fsp3) is 0.0833. The van der Waals surface area contributed by atoms with Crippen molar-refractivity contribution in [1.82, 2.24) is 0 Å². The maximum absolute atomic E-state index is 2.47. The van der Waals surface area contributed by atoms with E-state index >= 15 is 0 Å². The lowest BCUT2D eigenvalue weighted by molar-refractivity contribution is 0.660. The number of rotatable bonds is 9. The second-order valence-corrected chi connectivity index (χ2v) is 20.9. The monoisotopic (exact) mass is 933 g/mol. The average Bonchev–Trinajstić information content (AvgIpc) is 3.82. The van der Waals surface area contributed by atoms with Gasteiger partial charge in [0.2, 0.25) is 0 Å². The topological polar surface area (TPSA) is 3.24 Å². The number of hydrogen-bond donors (Lipinski definition) is 0. The van der Waals surface area contributed by atoms with Crippen molar-refractivity contribution in [1.29, 1.82) is 0 Å². The van der Waals surface area contributed by atoms with E-state index in [-0.39, 0.29) is 10.8 Å². The summed E-state index contributed by atoms with van der Waals surface area (Å²) in [4.78, 5) is 2.47. The molecular formula is C72H55N. The van der Waals surface area contributed by atoms with Crippen LogP contribution in [0.5, 0.6) is 0 Å². The van der Waals surface area contributed by atoms with Crippen LogP contribution in [0.15, 0.2) is 261 Å². The number of benzene rings is 11. The third kappa shape index (κ3) is 7.72. The maximum atomic E-state index is 2.47. The minimum absolute atomic E-state index is 0.194. The van der Waals surface area contributed by atoms with Crippen LogP contribution in [0, 0.1) is 0 Å². The molecule has 0 spiro atoms. The van der Waals surface area contributed by atoms with Crippen LogP contribution in [0.1, 0.15) is 49.9 Å². The van der Waals surface area contributed by atoms with E-state index in [0.717, 1.165) is 17.1 Å². The highest BCUT2D eigenvalue weighted by molar-refractivity contribution is 5.90. The molecule has 0 unspecified atom stereocenters. The maximum Gasteiger partial charge on any atom is 0.0465 e. The first-order chi connectivity index (χ1) is 35.7. The molecule has 2 aliphatic carbocycles. The number of fused-ring (bicyclic) bond motifs is 6. The second kappa shape index (κ2) is 17.5. The van der Waals surface area contributed by atoms with Crippen LogP contribution in [-0.2, 0) is 10.8 Å². The highest BCUT2D eigenvalue weighted by Gasteiger charge is 2.38. The molecule has 11 aromatic carbocycles. The van der Waals surface area contributed by atoms with Gasteiger partial charge in [0.25, 0.3) is 0 Å². The van der Waals surface area contributed by atoms with E-state index in [9.17, 15) is 0 Å². The Bertz CT molecular complexity index is 3830. The highest BCUT2D eigenvalue weighted by Crippen LogP contribution is 2.54. The van der Waals surface area contributed by atoms with Crippen LogP contribution in [0.2, 0.25) is 0 Å². The van der Waals surface area contributed by atoms with Crippen molar-refractivity contribution in [3.05, 3.63) is 283 Å². The molecule has 0 radical (unpaired) electrons. The van der Waals surface area contributed by atoms with Gasteiger partial charge in [0.15, 0.2) is 0 Å². The third-order valence-corrected chi connectivity index (χ3v) is 15.9. The summed E-state index contributed by atoms with van der Waals surface area (Å²) in [5.41, 5.74) is 28.4. The Hall–Kier alpha value is -8.78. The summed E-state index contributed by atoms with van der Waals surface area (Å²) in [7, 11) is 0. The summed E-state index contributed by atoms with van der Waals surface area (Å²) in [6.45, 7) is 9.57. The predicted molar refractivity (Wildman–Crippen MR) is 309 cm³/mol. The van der Waals surface area contributed by atoms with Crippen LogP contribution in [-0.4, -0.2) is 0 Å². The zero-order valence-electron chi connectivity index (χ0n) is 41.8. The minimum Gasteiger partial charge on any atom is -0.310 e. The van der Waals surface area contributed by atoms with Gasteiger partial charge in [-0.1, -0.05) is 240 Å². The van der Waals surface area contributed by atoms with Gasteiger partial charge in [-0.05, 0) is 160 Å². The normalized spacial score (nSPS) is 13.4. The Kier molecular flexibility index (Phi) is 10.6. The first-order valence-electron chi connectivity index (χ1n) is 25.6. The van der Waals surface area contributed by atoms with Gasteiger partial charge in [-0.25, -0.2) is 0 Å². The molecule has 0 amide bonds. The lowest BCUT2D eigenvalue weighted by Gasteiger charge is -2.30. The standard InChI is InChI=1S/C72H55N/c1-71(2)67-44-58(50-18-12-7-13-19-50)34-40-63(67)65-42-38-61(46-69(65)71)73(60-36-32-56(33-37-60)55-26-22-52(23-27-55)49-16-10-6-11-17-49)62-39-43-66-64-41-35-59(45-68(64)72(3,4)70(66)47-62)57-30-28-54(29-31-57)53-24-20-51(21-25-53)48-14-8-5-9-15-48/h5-47H,1-4H3. The van der Waals surface area contributed by atoms with Gasteiger partial charge < -0.3 is 4.90 Å². The van der Waals surface area contributed by atoms with Crippen LogP contribution in [0.25, 0.3) is 89.0 Å². The van der Waals surface area contributed by atoms with Gasteiger partial charge in [0.05, 0.1) is 0 Å². The summed E-state index contributed by atoms with van der Waals surface area (Å²) in [6.07, 6.45) is 0. The number of anilines is 3. The fourth-order valence-corrected chi connectivity index (χ4v) is 11.8. The molecule has 0 saturated carbocycles. The number of hydrogen-bond acceptors (Lipinski definition) is 1. The first kappa shape index (κ1) is 44.2. The highest BCUT2D eigenvalue weighted by atomic mass is 15.1. The van der Waals surface area contributed by atoms with Gasteiger partial charge in [-0.3, -0.25) is 0 Å². The van der Waals surface area contributed by atoms with Crippen molar-refractivity contribution in [2.24, 2.45) is 0 Å². The predicted octanol–water partition coefficient (Wildman–Crippen LogP) is 19.8. The van der Waals surface area contributed by atoms with E-state index in [0.29, 0.717) is 0 Å². The quantitative estimate of drug-likeness (QED) is 0.139. The Balaban J connectivity index is 0.847. The molecular weight excluding hydrogens is 879 g/mol. The SMILES string of the molecule is CC1(C)c2cc(-c3ccccc3)ccc2-c2ccc(N(c3ccc(-c4ccc(-c5ccccc5)cc4)cc3)c3ccc4c(c3)C(C)(C)c3cc(-c5ccc(-c6ccc(-c7ccccc7)cc6)cc5)ccc3-4)cc21. The molecule has 1 nitrogen and oxygen atoms in total. The van der Waals surface area contributed by atoms with E-state index < -0.39 is 0 Å². The summed E-state index contributed by atoms with van der Waals surface area (Å²) in [6, 6.07) is 96.4. The van der Waals surface area contributed by atoms with E-state index in [1.807, 2.05) is 0 Å². The van der Waals surface area contributed by atoms with E-state index in [4.69, 9.17) is 0 Å². The summed E-state index contributed by atoms with van der Waals surface area (Å²) in [5, 5.41) is 0. The minimum atomic E-state index is -0.226. The molecule has 0 fully saturated rings. The molecule has 348 valence electrons. The Morgan fingerprint density at radius 2 is 0.425 bits per heavy atom. The Morgan fingerprint density at radius 3 is 0.753 bits per heavy atom.